The standard InChI is InChI=1S/C54H67N4O9.CH3O/c1-8-50(62)30-36-20-23-52(48(60)65-6,44-38(37-18-13-14-19-41(37)55-44)21-27-58(32-36,33-50)31-35-16-11-10-12-17-35)40-28-39-42(29-43(40)64-5)56(4)46-53(39)24-26-57-25-15-22-51(9-2,45(53)57)47(67-34(3)59)54(46,63)49(61)66-7;1-2/h10-19,22,28-29,36,45-47,55,62-63H,8-9,20-21,23-27,30-33H2,1-7H3;1H3/q+1;-1/t36-,45-,46+,47+,50+,51+,52-,53+,54-,58?;/m0./s1. The average molecular weight is 947 g/mol. The number of para-hydroxylation sites is 1. The zero-order valence-electron chi connectivity index (χ0n) is 41.5. The second-order valence-corrected chi connectivity index (χ2v) is 20.9. The first-order valence-electron chi connectivity index (χ1n) is 24.7. The van der Waals surface area contributed by atoms with Crippen LogP contribution < -0.4 is 14.7 Å². The number of likely N-dealkylation sites (N-methyl/N-ethyl adjacent to an activating group) is 1. The number of methoxy groups -OCH3 is 3. The average Bonchev–Trinajstić information content (AvgIpc) is 4.02. The van der Waals surface area contributed by atoms with Crippen molar-refractivity contribution >= 4 is 34.5 Å². The van der Waals surface area contributed by atoms with Gasteiger partial charge in [-0.15, -0.1) is 0 Å². The van der Waals surface area contributed by atoms with Gasteiger partial charge >= 0.3 is 17.9 Å². The monoisotopic (exact) mass is 947 g/mol. The van der Waals surface area contributed by atoms with E-state index in [-0.39, 0.29) is 12.0 Å². The second kappa shape index (κ2) is 17.9. The highest BCUT2D eigenvalue weighted by molar-refractivity contribution is 5.95. The first-order chi connectivity index (χ1) is 33.1. The van der Waals surface area contributed by atoms with Gasteiger partial charge in [0, 0.05) is 89.2 Å². The summed E-state index contributed by atoms with van der Waals surface area (Å²) in [5.41, 5.74) is -0.328. The Morgan fingerprint density at radius 3 is 2.32 bits per heavy atom. The molecule has 2 bridgehead atoms. The van der Waals surface area contributed by atoms with Crippen LogP contribution in [0.2, 0.25) is 0 Å². The third-order valence-electron chi connectivity index (χ3n) is 17.7. The number of hydrogen-bond acceptors (Lipinski definition) is 12. The Balaban J connectivity index is 0.00000293. The topological polar surface area (TPSA) is 174 Å². The number of quaternary nitrogens is 1. The molecule has 10 atom stereocenters. The lowest BCUT2D eigenvalue weighted by Crippen LogP contribution is -2.81. The van der Waals surface area contributed by atoms with Crippen molar-refractivity contribution in [3.8, 4) is 5.75 Å². The molecular weight excluding hydrogens is 877 g/mol. The fraction of sp³-hybridized carbons (Fsp3) is 0.545. The molecule has 6 heterocycles. The number of carbonyl (C=O) groups is 3. The van der Waals surface area contributed by atoms with Crippen LogP contribution in [0.1, 0.15) is 87.2 Å². The van der Waals surface area contributed by atoms with Crippen LogP contribution in [0.25, 0.3) is 10.9 Å². The zero-order chi connectivity index (χ0) is 49.3. The van der Waals surface area contributed by atoms with E-state index in [1.165, 1.54) is 26.7 Å². The molecule has 3 N–H and O–H groups in total. The normalized spacial score (nSPS) is 34.3. The molecular formula is C55H70N4O10. The summed E-state index contributed by atoms with van der Waals surface area (Å²) < 4.78 is 25.0. The van der Waals surface area contributed by atoms with E-state index in [4.69, 9.17) is 24.1 Å². The van der Waals surface area contributed by atoms with Crippen molar-refractivity contribution in [2.24, 2.45) is 11.3 Å². The van der Waals surface area contributed by atoms with E-state index in [1.54, 1.807) is 7.11 Å². The van der Waals surface area contributed by atoms with Gasteiger partial charge in [-0.2, -0.15) is 7.11 Å². The number of piperidine rings is 1. The number of aliphatic hydroxyl groups is 2. The summed E-state index contributed by atoms with van der Waals surface area (Å²) in [5, 5.41) is 35.2. The molecule has 1 aromatic heterocycles. The van der Waals surface area contributed by atoms with Crippen LogP contribution in [-0.2, 0) is 52.4 Å². The Morgan fingerprint density at radius 2 is 1.64 bits per heavy atom. The van der Waals surface area contributed by atoms with Crippen molar-refractivity contribution in [2.75, 3.05) is 73.1 Å². The van der Waals surface area contributed by atoms with Crippen LogP contribution in [-0.4, -0.2) is 140 Å². The maximum atomic E-state index is 15.6. The third kappa shape index (κ3) is 7.01. The maximum absolute atomic E-state index is 15.6. The van der Waals surface area contributed by atoms with Crippen molar-refractivity contribution in [2.45, 2.75) is 112 Å². The van der Waals surface area contributed by atoms with Crippen LogP contribution in [0.4, 0.5) is 5.69 Å². The summed E-state index contributed by atoms with van der Waals surface area (Å²) in [6, 6.07) is 21.7. The Hall–Kier alpha value is -5.25. The zero-order valence-corrected chi connectivity index (χ0v) is 41.5. The molecule has 1 unspecified atom stereocenters. The molecule has 370 valence electrons. The smallest absolute Gasteiger partial charge is 0.344 e. The summed E-state index contributed by atoms with van der Waals surface area (Å²) in [4.78, 5) is 51.5. The minimum absolute atomic E-state index is 0.0705. The number of hydrogen-bond donors (Lipinski definition) is 3. The molecule has 2 saturated heterocycles. The number of anilines is 1. The van der Waals surface area contributed by atoms with Crippen molar-refractivity contribution < 1.29 is 53.1 Å². The summed E-state index contributed by atoms with van der Waals surface area (Å²) >= 11 is 0. The molecule has 0 radical (unpaired) electrons. The SMILES string of the molecule is CC[C@@]1(O)C[C@@H]2CC[C@](C(=O)OC)(c3cc4c(cc3OC)N(C)[C@H]3[C@@](O)(C(=O)OC)[C@H](OC(C)=O)[C@]5(CC)C=CCN6CC[C@]43[C@@H]65)c3[nH]c4ccccc4c3CC[N+](Cc3ccccc3)(C2)C1.C[O-]. The van der Waals surface area contributed by atoms with E-state index in [1.807, 2.05) is 43.1 Å². The molecule has 4 aromatic rings. The van der Waals surface area contributed by atoms with Gasteiger partial charge in [-0.05, 0) is 68.3 Å². The maximum Gasteiger partial charge on any atom is 0.344 e. The van der Waals surface area contributed by atoms with Crippen molar-refractivity contribution in [1.82, 2.24) is 9.88 Å². The molecule has 3 fully saturated rings. The Kier molecular flexibility index (Phi) is 12.6. The number of carbonyl (C=O) groups excluding carboxylic acids is 3. The number of nitrogens with zero attached hydrogens (tertiary/aromatic N) is 3. The van der Waals surface area contributed by atoms with E-state index in [0.717, 1.165) is 64.6 Å². The second-order valence-electron chi connectivity index (χ2n) is 20.9. The minimum Gasteiger partial charge on any atom is -0.857 e. The summed E-state index contributed by atoms with van der Waals surface area (Å²) in [5.74, 6) is -1.36. The molecule has 14 nitrogen and oxygen atoms in total. The summed E-state index contributed by atoms with van der Waals surface area (Å²) in [6.45, 7) is 9.76. The number of esters is 3. The van der Waals surface area contributed by atoms with E-state index >= 15 is 4.79 Å². The van der Waals surface area contributed by atoms with Crippen LogP contribution in [0, 0.1) is 11.3 Å². The van der Waals surface area contributed by atoms with Crippen molar-refractivity contribution in [1.29, 1.82) is 0 Å². The van der Waals surface area contributed by atoms with Gasteiger partial charge in [0.25, 0.3) is 0 Å². The first-order valence-corrected chi connectivity index (χ1v) is 24.7. The highest BCUT2D eigenvalue weighted by atomic mass is 16.6. The molecule has 14 heteroatoms. The molecule has 6 aliphatic rings. The molecule has 1 spiro atoms. The predicted molar refractivity (Wildman–Crippen MR) is 260 cm³/mol. The highest BCUT2D eigenvalue weighted by Gasteiger charge is 2.80. The Morgan fingerprint density at radius 1 is 0.913 bits per heavy atom. The van der Waals surface area contributed by atoms with Gasteiger partial charge in [0.15, 0.2) is 6.10 Å². The van der Waals surface area contributed by atoms with Gasteiger partial charge in [0.05, 0.1) is 40.5 Å². The van der Waals surface area contributed by atoms with Gasteiger partial charge in [-0.1, -0.05) is 74.5 Å². The third-order valence-corrected chi connectivity index (χ3v) is 17.7. The quantitative estimate of drug-likeness (QED) is 0.0882. The van der Waals surface area contributed by atoms with Crippen LogP contribution in [0.3, 0.4) is 0 Å². The van der Waals surface area contributed by atoms with Gasteiger partial charge in [-0.3, -0.25) is 14.5 Å². The number of H-pyrrole nitrogens is 1. The van der Waals surface area contributed by atoms with Crippen molar-refractivity contribution in [3.63, 3.8) is 0 Å². The van der Waals surface area contributed by atoms with Gasteiger partial charge in [0.2, 0.25) is 5.60 Å². The van der Waals surface area contributed by atoms with Crippen LogP contribution >= 0.6 is 0 Å². The lowest BCUT2D eigenvalue weighted by atomic mass is 9.47. The molecule has 1 saturated carbocycles. The first kappa shape index (κ1) is 48.8. The molecule has 3 aromatic carbocycles. The summed E-state index contributed by atoms with van der Waals surface area (Å²) in [7, 11) is 6.97. The number of nitrogens with one attached hydrogen (secondary N) is 1. The van der Waals surface area contributed by atoms with Gasteiger partial charge < -0.3 is 48.6 Å². The largest absolute Gasteiger partial charge is 0.857 e. The highest BCUT2D eigenvalue weighted by Crippen LogP contribution is 2.68. The fourth-order valence-electron chi connectivity index (χ4n) is 15.3. The van der Waals surface area contributed by atoms with Crippen LogP contribution in [0.15, 0.2) is 78.9 Å². The number of benzene rings is 3. The van der Waals surface area contributed by atoms with Crippen LogP contribution in [0.5, 0.6) is 5.75 Å². The number of ether oxygens (including phenoxy) is 4. The molecule has 5 aliphatic heterocycles. The van der Waals surface area contributed by atoms with Crippen molar-refractivity contribution in [3.05, 3.63) is 107 Å². The number of rotatable bonds is 9. The Bertz CT molecular complexity index is 2650. The summed E-state index contributed by atoms with van der Waals surface area (Å²) in [6.07, 6.45) is 6.72. The van der Waals surface area contributed by atoms with E-state index in [0.29, 0.717) is 75.9 Å². The molecule has 10 rings (SSSR count). The van der Waals surface area contributed by atoms with E-state index < -0.39 is 57.5 Å². The number of fused-ring (bicyclic) bond motifs is 6. The minimum atomic E-state index is -2.31. The lowest BCUT2D eigenvalue weighted by Gasteiger charge is -2.63. The van der Waals surface area contributed by atoms with Gasteiger partial charge in [-0.25, -0.2) is 4.79 Å². The predicted octanol–water partition coefficient (Wildman–Crippen LogP) is 5.07. The molecule has 69 heavy (non-hydrogen) atoms. The fourth-order valence-corrected chi connectivity index (χ4v) is 15.3. The lowest BCUT2D eigenvalue weighted by molar-refractivity contribution is -0.955. The number of aromatic nitrogens is 1. The van der Waals surface area contributed by atoms with Gasteiger partial charge in [0.1, 0.15) is 29.9 Å². The number of aromatic amines is 1. The molecule has 0 amide bonds. The molecule has 1 aliphatic carbocycles. The Labute approximate surface area is 405 Å². The van der Waals surface area contributed by atoms with E-state index in [2.05, 4.69) is 71.4 Å². The van der Waals surface area contributed by atoms with E-state index in [9.17, 15) is 19.8 Å².